The van der Waals surface area contributed by atoms with Crippen LogP contribution in [0, 0.1) is 0 Å². The van der Waals surface area contributed by atoms with Gasteiger partial charge >= 0.3 is 0 Å². The lowest BCUT2D eigenvalue weighted by molar-refractivity contribution is 0.0993. The first-order chi connectivity index (χ1) is 11.7. The van der Waals surface area contributed by atoms with E-state index >= 15 is 0 Å². The fraction of sp³-hybridized carbons (Fsp3) is 0.263. The van der Waals surface area contributed by atoms with Gasteiger partial charge in [-0.2, -0.15) is 0 Å². The van der Waals surface area contributed by atoms with Crippen molar-refractivity contribution in [2.75, 3.05) is 20.8 Å². The molecule has 0 spiro atoms. The normalized spacial score (nSPS) is 12.7. The summed E-state index contributed by atoms with van der Waals surface area (Å²) in [5.41, 5.74) is 2.79. The number of likely N-dealkylation sites (N-methyl/N-ethyl adjacent to an activating group) is 1. The zero-order valence-electron chi connectivity index (χ0n) is 13.8. The predicted octanol–water partition coefficient (Wildman–Crippen LogP) is 4.10. The average Bonchev–Trinajstić information content (AvgIpc) is 2.61. The summed E-state index contributed by atoms with van der Waals surface area (Å²) in [7, 11) is 3.76. The third-order valence-corrected chi connectivity index (χ3v) is 4.33. The molecule has 2 aromatic heterocycles. The number of hydrogen-bond acceptors (Lipinski definition) is 4. The van der Waals surface area contributed by atoms with E-state index in [1.54, 1.807) is 13.3 Å². The van der Waals surface area contributed by atoms with Gasteiger partial charge in [0.05, 0.1) is 34.6 Å². The second-order valence-corrected chi connectivity index (χ2v) is 6.16. The minimum atomic E-state index is 0.0694. The van der Waals surface area contributed by atoms with Crippen molar-refractivity contribution in [3.05, 3.63) is 71.1 Å². The van der Waals surface area contributed by atoms with Gasteiger partial charge in [0, 0.05) is 25.2 Å². The molecule has 3 aromatic rings. The molecule has 24 heavy (non-hydrogen) atoms. The van der Waals surface area contributed by atoms with Crippen LogP contribution in [0.5, 0.6) is 0 Å². The van der Waals surface area contributed by atoms with Gasteiger partial charge in [-0.25, -0.2) is 4.98 Å². The minimum absolute atomic E-state index is 0.0694. The number of rotatable bonds is 6. The zero-order chi connectivity index (χ0) is 16.9. The molecule has 0 N–H and O–H groups in total. The van der Waals surface area contributed by atoms with E-state index in [2.05, 4.69) is 23.0 Å². The van der Waals surface area contributed by atoms with E-state index < -0.39 is 0 Å². The van der Waals surface area contributed by atoms with Crippen molar-refractivity contribution in [1.82, 2.24) is 14.9 Å². The van der Waals surface area contributed by atoms with Crippen molar-refractivity contribution in [3.63, 3.8) is 0 Å². The number of pyridine rings is 2. The maximum absolute atomic E-state index is 6.27. The SMILES string of the molecule is COCC(c1ccccn1)N(C)Cc1ccc2cccc(Cl)c2n1. The van der Waals surface area contributed by atoms with Gasteiger partial charge in [0.15, 0.2) is 0 Å². The number of ether oxygens (including phenoxy) is 1. The molecule has 0 bridgehead atoms. The molecule has 1 atom stereocenters. The molecule has 4 nitrogen and oxygen atoms in total. The Bertz CT molecular complexity index is 810. The van der Waals surface area contributed by atoms with Crippen LogP contribution in [0.1, 0.15) is 17.4 Å². The number of halogens is 1. The van der Waals surface area contributed by atoms with E-state index in [-0.39, 0.29) is 6.04 Å². The Labute approximate surface area is 147 Å². The number of nitrogens with zero attached hydrogens (tertiary/aromatic N) is 3. The molecule has 3 rings (SSSR count). The van der Waals surface area contributed by atoms with Crippen LogP contribution in [-0.4, -0.2) is 35.6 Å². The molecule has 0 aliphatic rings. The van der Waals surface area contributed by atoms with Crippen LogP contribution in [0.2, 0.25) is 5.02 Å². The summed E-state index contributed by atoms with van der Waals surface area (Å²) >= 11 is 6.27. The Balaban J connectivity index is 1.84. The number of aromatic nitrogens is 2. The van der Waals surface area contributed by atoms with Crippen molar-refractivity contribution >= 4 is 22.5 Å². The van der Waals surface area contributed by atoms with Crippen molar-refractivity contribution in [3.8, 4) is 0 Å². The second-order valence-electron chi connectivity index (χ2n) is 5.76. The van der Waals surface area contributed by atoms with Crippen molar-refractivity contribution in [2.45, 2.75) is 12.6 Å². The summed E-state index contributed by atoms with van der Waals surface area (Å²) in [6.07, 6.45) is 1.81. The third-order valence-electron chi connectivity index (χ3n) is 4.03. The van der Waals surface area contributed by atoms with Crippen molar-refractivity contribution in [2.24, 2.45) is 0 Å². The molecule has 0 fully saturated rings. The Kier molecular flexibility index (Phi) is 5.41. The van der Waals surface area contributed by atoms with Gasteiger partial charge < -0.3 is 4.74 Å². The standard InChI is InChI=1S/C19H20ClN3O/c1-23(18(13-24-2)17-8-3-4-11-21-17)12-15-10-9-14-6-5-7-16(20)19(14)22-15/h3-11,18H,12-13H2,1-2H3. The highest BCUT2D eigenvalue weighted by atomic mass is 35.5. The summed E-state index contributed by atoms with van der Waals surface area (Å²) in [6, 6.07) is 15.9. The van der Waals surface area contributed by atoms with Gasteiger partial charge in [-0.1, -0.05) is 35.9 Å². The van der Waals surface area contributed by atoms with E-state index in [9.17, 15) is 0 Å². The Morgan fingerprint density at radius 3 is 2.75 bits per heavy atom. The van der Waals surface area contributed by atoms with Crippen LogP contribution in [0.25, 0.3) is 10.9 Å². The van der Waals surface area contributed by atoms with Gasteiger partial charge in [-0.3, -0.25) is 9.88 Å². The monoisotopic (exact) mass is 341 g/mol. The summed E-state index contributed by atoms with van der Waals surface area (Å²) in [6.45, 7) is 1.26. The van der Waals surface area contributed by atoms with Gasteiger partial charge in [0.25, 0.3) is 0 Å². The maximum atomic E-state index is 6.27. The summed E-state index contributed by atoms with van der Waals surface area (Å²) in [5, 5.41) is 1.72. The fourth-order valence-corrected chi connectivity index (χ4v) is 3.00. The quantitative estimate of drug-likeness (QED) is 0.676. The van der Waals surface area contributed by atoms with Gasteiger partial charge in [-0.15, -0.1) is 0 Å². The average molecular weight is 342 g/mol. The van der Waals surface area contributed by atoms with Gasteiger partial charge in [0.2, 0.25) is 0 Å². The van der Waals surface area contributed by atoms with Crippen LogP contribution in [0.3, 0.4) is 0 Å². The molecule has 0 aliphatic carbocycles. The Hall–Kier alpha value is -2.01. The molecule has 0 amide bonds. The van der Waals surface area contributed by atoms with Crippen LogP contribution in [0.4, 0.5) is 0 Å². The smallest absolute Gasteiger partial charge is 0.0891 e. The first-order valence-electron chi connectivity index (χ1n) is 7.83. The molecule has 0 saturated heterocycles. The van der Waals surface area contributed by atoms with Gasteiger partial charge in [0.1, 0.15) is 0 Å². The first-order valence-corrected chi connectivity index (χ1v) is 8.21. The number of fused-ring (bicyclic) bond motifs is 1. The van der Waals surface area contributed by atoms with Crippen LogP contribution >= 0.6 is 11.6 Å². The van der Waals surface area contributed by atoms with Crippen LogP contribution < -0.4 is 0 Å². The molecule has 0 saturated carbocycles. The zero-order valence-corrected chi connectivity index (χ0v) is 14.6. The largest absolute Gasteiger partial charge is 0.383 e. The highest BCUT2D eigenvalue weighted by molar-refractivity contribution is 6.35. The summed E-state index contributed by atoms with van der Waals surface area (Å²) in [5.74, 6) is 0. The lowest BCUT2D eigenvalue weighted by Crippen LogP contribution is -2.28. The number of para-hydroxylation sites is 1. The van der Waals surface area contributed by atoms with Crippen molar-refractivity contribution in [1.29, 1.82) is 0 Å². The number of hydrogen-bond donors (Lipinski definition) is 0. The molecule has 0 aliphatic heterocycles. The van der Waals surface area contributed by atoms with E-state index in [0.717, 1.165) is 22.3 Å². The van der Waals surface area contributed by atoms with E-state index in [4.69, 9.17) is 21.3 Å². The Morgan fingerprint density at radius 2 is 2.00 bits per heavy atom. The summed E-state index contributed by atoms with van der Waals surface area (Å²) < 4.78 is 5.38. The molecular formula is C19H20ClN3O. The second kappa shape index (κ2) is 7.71. The van der Waals surface area contributed by atoms with E-state index in [1.165, 1.54) is 0 Å². The molecular weight excluding hydrogens is 322 g/mol. The first kappa shape index (κ1) is 16.8. The molecule has 1 unspecified atom stereocenters. The molecule has 124 valence electrons. The topological polar surface area (TPSA) is 38.2 Å². The van der Waals surface area contributed by atoms with Crippen molar-refractivity contribution < 1.29 is 4.74 Å². The van der Waals surface area contributed by atoms with E-state index in [0.29, 0.717) is 18.2 Å². The third kappa shape index (κ3) is 3.73. The minimum Gasteiger partial charge on any atom is -0.383 e. The molecule has 1 aromatic carbocycles. The molecule has 2 heterocycles. The molecule has 5 heteroatoms. The predicted molar refractivity (Wildman–Crippen MR) is 97.1 cm³/mol. The van der Waals surface area contributed by atoms with Crippen LogP contribution in [0.15, 0.2) is 54.7 Å². The lowest BCUT2D eigenvalue weighted by Gasteiger charge is -2.26. The lowest BCUT2D eigenvalue weighted by atomic mass is 10.1. The fourth-order valence-electron chi connectivity index (χ4n) is 2.77. The number of benzene rings is 1. The maximum Gasteiger partial charge on any atom is 0.0891 e. The van der Waals surface area contributed by atoms with Crippen LogP contribution in [-0.2, 0) is 11.3 Å². The molecule has 0 radical (unpaired) electrons. The Morgan fingerprint density at radius 1 is 1.12 bits per heavy atom. The van der Waals surface area contributed by atoms with E-state index in [1.807, 2.05) is 42.5 Å². The number of methoxy groups -OCH3 is 1. The summed E-state index contributed by atoms with van der Waals surface area (Å²) in [4.78, 5) is 11.4. The highest BCUT2D eigenvalue weighted by Crippen LogP contribution is 2.23. The van der Waals surface area contributed by atoms with Gasteiger partial charge in [-0.05, 0) is 31.3 Å². The highest BCUT2D eigenvalue weighted by Gasteiger charge is 2.19.